The molecule has 1 aliphatic heterocycles. The number of hydrogen-bond donors (Lipinski definition) is 2. The van der Waals surface area contributed by atoms with Crippen molar-refractivity contribution < 1.29 is 23.8 Å². The summed E-state index contributed by atoms with van der Waals surface area (Å²) in [5.41, 5.74) is 1.47. The summed E-state index contributed by atoms with van der Waals surface area (Å²) in [7, 11) is 1.60. The molecular weight excluding hydrogens is 563 g/mol. The highest BCUT2D eigenvalue weighted by Crippen LogP contribution is 2.41. The predicted octanol–water partition coefficient (Wildman–Crippen LogP) is 4.25. The number of nitrogens with zero attached hydrogens (tertiary/aromatic N) is 5. The summed E-state index contributed by atoms with van der Waals surface area (Å²) >= 11 is 0. The van der Waals surface area contributed by atoms with Gasteiger partial charge in [-0.15, -0.1) is 0 Å². The van der Waals surface area contributed by atoms with Crippen LogP contribution in [0.3, 0.4) is 0 Å². The molecule has 0 radical (unpaired) electrons. The number of ether oxygens (including phenoxy) is 2. The Morgan fingerprint density at radius 2 is 2.05 bits per heavy atom. The summed E-state index contributed by atoms with van der Waals surface area (Å²) in [5, 5.41) is 19.2. The number of carbonyl (C=O) groups is 1. The Balaban J connectivity index is 1.22. The van der Waals surface area contributed by atoms with E-state index in [-0.39, 0.29) is 37.0 Å². The van der Waals surface area contributed by atoms with E-state index >= 15 is 0 Å². The van der Waals surface area contributed by atoms with E-state index in [1.165, 1.54) is 6.07 Å². The average Bonchev–Trinajstić information content (AvgIpc) is 3.74. The number of nitrogens with one attached hydrogen (secondary N) is 1. The first-order valence-corrected chi connectivity index (χ1v) is 15.3. The number of carbonyl (C=O) groups excluding carboxylic acids is 1. The Kier molecular flexibility index (Phi) is 9.06. The van der Waals surface area contributed by atoms with Gasteiger partial charge in [0.1, 0.15) is 5.60 Å². The molecule has 44 heavy (non-hydrogen) atoms. The molecule has 11 heteroatoms. The molecule has 232 valence electrons. The Bertz CT molecular complexity index is 1540. The number of benzene rings is 2. The third-order valence-corrected chi connectivity index (χ3v) is 8.74. The van der Waals surface area contributed by atoms with Crippen molar-refractivity contribution >= 4 is 5.91 Å². The SMILES string of the molecule is COC[C@]1(O)CCCC[C@H]1n1cnc(C(=O)N2CCNC[C@H]2CCOc2ccc(-n3cccn3)cc2F)c1-c1ccccc1. The molecule has 3 heterocycles. The van der Waals surface area contributed by atoms with Gasteiger partial charge in [-0.3, -0.25) is 4.79 Å². The van der Waals surface area contributed by atoms with Gasteiger partial charge in [0.15, 0.2) is 17.3 Å². The molecule has 4 aromatic rings. The summed E-state index contributed by atoms with van der Waals surface area (Å²) < 4.78 is 29.7. The van der Waals surface area contributed by atoms with E-state index in [4.69, 9.17) is 9.47 Å². The van der Waals surface area contributed by atoms with Gasteiger partial charge in [-0.1, -0.05) is 43.2 Å². The van der Waals surface area contributed by atoms with Crippen molar-refractivity contribution in [1.82, 2.24) is 29.5 Å². The molecule has 10 nitrogen and oxygen atoms in total. The number of hydrogen-bond acceptors (Lipinski definition) is 7. The van der Waals surface area contributed by atoms with Crippen LogP contribution in [0.5, 0.6) is 5.75 Å². The summed E-state index contributed by atoms with van der Waals surface area (Å²) in [6.07, 6.45) is 8.86. The molecule has 0 spiro atoms. The maximum absolute atomic E-state index is 14.8. The molecule has 6 rings (SSSR count). The third-order valence-electron chi connectivity index (χ3n) is 8.74. The minimum atomic E-state index is -1.06. The molecule has 1 saturated carbocycles. The molecule has 2 N–H and O–H groups in total. The van der Waals surface area contributed by atoms with Crippen LogP contribution in [0.15, 0.2) is 73.3 Å². The maximum Gasteiger partial charge on any atom is 0.275 e. The van der Waals surface area contributed by atoms with Gasteiger partial charge in [0, 0.05) is 63.2 Å². The number of methoxy groups -OCH3 is 1. The third kappa shape index (κ3) is 6.12. The summed E-state index contributed by atoms with van der Waals surface area (Å²) in [6.45, 7) is 2.20. The van der Waals surface area contributed by atoms with Crippen molar-refractivity contribution in [1.29, 1.82) is 0 Å². The first-order valence-electron chi connectivity index (χ1n) is 15.3. The van der Waals surface area contributed by atoms with E-state index in [2.05, 4.69) is 15.4 Å². The Hall–Kier alpha value is -4.06. The molecule has 1 amide bonds. The molecule has 2 aromatic carbocycles. The van der Waals surface area contributed by atoms with Crippen molar-refractivity contribution in [3.8, 4) is 22.7 Å². The summed E-state index contributed by atoms with van der Waals surface area (Å²) in [5.74, 6) is -0.486. The molecule has 2 aromatic heterocycles. The van der Waals surface area contributed by atoms with Crippen molar-refractivity contribution in [2.75, 3.05) is 40.0 Å². The van der Waals surface area contributed by atoms with Crippen LogP contribution < -0.4 is 10.1 Å². The fraction of sp³-hybridized carbons (Fsp3) is 0.424. The van der Waals surface area contributed by atoms with Gasteiger partial charge in [-0.2, -0.15) is 5.10 Å². The molecule has 3 atom stereocenters. The number of halogens is 1. The lowest BCUT2D eigenvalue weighted by Gasteiger charge is -2.41. The monoisotopic (exact) mass is 602 g/mol. The van der Waals surface area contributed by atoms with E-state index < -0.39 is 11.4 Å². The van der Waals surface area contributed by atoms with Crippen LogP contribution >= 0.6 is 0 Å². The zero-order valence-corrected chi connectivity index (χ0v) is 24.9. The van der Waals surface area contributed by atoms with E-state index in [1.54, 1.807) is 48.7 Å². The lowest BCUT2D eigenvalue weighted by atomic mass is 9.80. The van der Waals surface area contributed by atoms with Gasteiger partial charge in [-0.05, 0) is 31.0 Å². The summed E-state index contributed by atoms with van der Waals surface area (Å²) in [4.78, 5) is 20.8. The molecule has 2 fully saturated rings. The van der Waals surface area contributed by atoms with Crippen molar-refractivity contribution in [2.24, 2.45) is 0 Å². The average molecular weight is 603 g/mol. The first-order chi connectivity index (χ1) is 21.5. The molecule has 0 bridgehead atoms. The van der Waals surface area contributed by atoms with E-state index in [0.717, 1.165) is 24.8 Å². The van der Waals surface area contributed by atoms with Crippen molar-refractivity contribution in [2.45, 2.75) is 49.8 Å². The number of piperazine rings is 1. The van der Waals surface area contributed by atoms with Crippen LogP contribution in [0.25, 0.3) is 16.9 Å². The second-order valence-electron chi connectivity index (χ2n) is 11.6. The van der Waals surface area contributed by atoms with Crippen LogP contribution in [0.4, 0.5) is 4.39 Å². The molecule has 1 saturated heterocycles. The van der Waals surface area contributed by atoms with Crippen molar-refractivity contribution in [3.05, 3.63) is 84.8 Å². The zero-order valence-electron chi connectivity index (χ0n) is 24.9. The summed E-state index contributed by atoms with van der Waals surface area (Å²) in [6, 6.07) is 15.8. The Labute approximate surface area is 256 Å². The van der Waals surface area contributed by atoms with Gasteiger partial charge in [0.2, 0.25) is 0 Å². The number of aliphatic hydroxyl groups is 1. The number of aromatic nitrogens is 4. The quantitative estimate of drug-likeness (QED) is 0.280. The minimum absolute atomic E-state index is 0.156. The van der Waals surface area contributed by atoms with Crippen LogP contribution in [0.2, 0.25) is 0 Å². The zero-order chi connectivity index (χ0) is 30.5. The van der Waals surface area contributed by atoms with Crippen molar-refractivity contribution in [3.63, 3.8) is 0 Å². The predicted molar refractivity (Wildman–Crippen MR) is 163 cm³/mol. The van der Waals surface area contributed by atoms with Gasteiger partial charge in [0.25, 0.3) is 5.91 Å². The highest BCUT2D eigenvalue weighted by atomic mass is 19.1. The second kappa shape index (κ2) is 13.3. The lowest BCUT2D eigenvalue weighted by molar-refractivity contribution is -0.0893. The van der Waals surface area contributed by atoms with Crippen LogP contribution in [-0.2, 0) is 4.74 Å². The molecule has 1 aliphatic carbocycles. The topological polar surface area (TPSA) is 107 Å². The first kappa shape index (κ1) is 30.0. The maximum atomic E-state index is 14.8. The molecule has 2 aliphatic rings. The smallest absolute Gasteiger partial charge is 0.275 e. The second-order valence-corrected chi connectivity index (χ2v) is 11.6. The van der Waals surface area contributed by atoms with E-state index in [9.17, 15) is 14.3 Å². The Morgan fingerprint density at radius 3 is 2.82 bits per heavy atom. The van der Waals surface area contributed by atoms with Crippen LogP contribution in [-0.4, -0.2) is 86.8 Å². The largest absolute Gasteiger partial charge is 0.490 e. The Morgan fingerprint density at radius 1 is 1.18 bits per heavy atom. The standard InChI is InChI=1S/C33H39FN6O4/c1-43-22-33(42)14-6-5-10-29(33)39-23-36-30(31(39)24-8-3-2-4-9-24)32(41)38-18-16-35-21-26(38)13-19-44-28-12-11-25(20-27(28)34)40-17-7-15-37-40/h2-4,7-9,11-12,15,17,20,23,26,29,35,42H,5-6,10,13-14,16,18-19,21-22H2,1H3/t26-,29-,33-/m1/s1. The fourth-order valence-electron chi connectivity index (χ4n) is 6.55. The van der Waals surface area contributed by atoms with Gasteiger partial charge >= 0.3 is 0 Å². The minimum Gasteiger partial charge on any atom is -0.490 e. The van der Waals surface area contributed by atoms with E-state index in [0.29, 0.717) is 49.6 Å². The lowest BCUT2D eigenvalue weighted by Crippen LogP contribution is -2.54. The van der Waals surface area contributed by atoms with E-state index in [1.807, 2.05) is 39.8 Å². The number of amides is 1. The van der Waals surface area contributed by atoms with Gasteiger partial charge in [-0.25, -0.2) is 14.1 Å². The normalized spacial score (nSPS) is 22.2. The van der Waals surface area contributed by atoms with Crippen LogP contribution in [0, 0.1) is 5.82 Å². The molecular formula is C33H39FN6O4. The number of rotatable bonds is 10. The van der Waals surface area contributed by atoms with Gasteiger partial charge in [0.05, 0.1) is 37.0 Å². The van der Waals surface area contributed by atoms with Crippen LogP contribution in [0.1, 0.15) is 48.6 Å². The number of imidazole rings is 1. The highest BCUT2D eigenvalue weighted by molar-refractivity contribution is 5.98. The van der Waals surface area contributed by atoms with Gasteiger partial charge < -0.3 is 29.4 Å². The highest BCUT2D eigenvalue weighted by Gasteiger charge is 2.42. The molecule has 0 unspecified atom stereocenters. The fourth-order valence-corrected chi connectivity index (χ4v) is 6.55.